The highest BCUT2D eigenvalue weighted by Gasteiger charge is 2.22. The van der Waals surface area contributed by atoms with Crippen molar-refractivity contribution in [3.8, 4) is 0 Å². The number of amides is 2. The summed E-state index contributed by atoms with van der Waals surface area (Å²) in [6, 6.07) is 18.2. The second-order valence-corrected chi connectivity index (χ2v) is 14.4. The van der Waals surface area contributed by atoms with Gasteiger partial charge in [0.25, 0.3) is 11.6 Å². The molecule has 46 heavy (non-hydrogen) atoms. The minimum absolute atomic E-state index is 0.0555. The van der Waals surface area contributed by atoms with Gasteiger partial charge in [0.05, 0.1) is 14.7 Å². The van der Waals surface area contributed by atoms with E-state index < -0.39 is 16.2 Å². The van der Waals surface area contributed by atoms with Gasteiger partial charge in [0.2, 0.25) is 5.91 Å². The van der Waals surface area contributed by atoms with E-state index in [4.69, 9.17) is 30.2 Å². The fraction of sp³-hybridized carbons (Fsp3) is 0.194. The number of aromatic nitrogens is 3. The number of nitrogens with two attached hydrogens (primary N) is 1. The number of thioether (sulfide) groups is 2. The molecule has 3 aromatic heterocycles. The lowest BCUT2D eigenvalue weighted by molar-refractivity contribution is -0.384. The maximum Gasteiger partial charge on any atom is 0.270 e. The third kappa shape index (κ3) is 13.8. The van der Waals surface area contributed by atoms with Crippen molar-refractivity contribution in [2.45, 2.75) is 44.4 Å². The number of nitro benzene ring substituents is 1. The number of thiocarbonyl (C=S) groups is 2. The molecule has 0 unspecified atom stereocenters. The third-order valence-electron chi connectivity index (χ3n) is 5.20. The molecule has 0 fully saturated rings. The number of hydrogen-bond acceptors (Lipinski definition) is 12. The molecule has 15 heteroatoms. The Morgan fingerprint density at radius 1 is 0.804 bits per heavy atom. The highest BCUT2D eigenvalue weighted by Crippen LogP contribution is 2.28. The number of carbonyl (C=O) groups excluding carboxylic acids is 2. The van der Waals surface area contributed by atoms with Crippen molar-refractivity contribution in [3.05, 3.63) is 101 Å². The molecule has 0 radical (unpaired) electrons. The molecule has 2 amide bonds. The van der Waals surface area contributed by atoms with Crippen molar-refractivity contribution in [2.75, 3.05) is 16.4 Å². The quantitative estimate of drug-likeness (QED) is 0.0775. The molecule has 240 valence electrons. The van der Waals surface area contributed by atoms with E-state index in [9.17, 15) is 19.7 Å². The van der Waals surface area contributed by atoms with Crippen molar-refractivity contribution < 1.29 is 14.5 Å². The lowest BCUT2D eigenvalue weighted by Gasteiger charge is -2.18. The lowest BCUT2D eigenvalue weighted by atomic mass is 9.96. The van der Waals surface area contributed by atoms with E-state index in [1.54, 1.807) is 43.7 Å². The molecule has 0 aliphatic carbocycles. The Hall–Kier alpha value is -4.31. The van der Waals surface area contributed by atoms with Gasteiger partial charge in [0.1, 0.15) is 17.5 Å². The Balaban J connectivity index is 0.000000270. The van der Waals surface area contributed by atoms with Crippen molar-refractivity contribution >= 4 is 91.3 Å². The van der Waals surface area contributed by atoms with E-state index in [0.29, 0.717) is 26.5 Å². The van der Waals surface area contributed by atoms with Gasteiger partial charge in [-0.05, 0) is 56.3 Å². The Morgan fingerprint density at radius 2 is 1.35 bits per heavy atom. The first-order valence-electron chi connectivity index (χ1n) is 13.5. The van der Waals surface area contributed by atoms with E-state index in [-0.39, 0.29) is 17.2 Å². The number of nitrogens with zero attached hydrogens (tertiary/aromatic N) is 4. The molecule has 1 aromatic carbocycles. The van der Waals surface area contributed by atoms with Crippen LogP contribution in [-0.4, -0.2) is 40.1 Å². The molecule has 4 rings (SSSR count). The predicted molar refractivity (Wildman–Crippen MR) is 195 cm³/mol. The first-order valence-corrected chi connectivity index (χ1v) is 15.9. The van der Waals surface area contributed by atoms with E-state index in [1.165, 1.54) is 47.8 Å². The normalized spacial score (nSPS) is 10.2. The molecule has 11 nitrogen and oxygen atoms in total. The summed E-state index contributed by atoms with van der Waals surface area (Å²) in [6.45, 7) is 9.22. The number of carbonyl (C=O) groups is 2. The van der Waals surface area contributed by atoms with E-state index >= 15 is 0 Å². The first-order chi connectivity index (χ1) is 21.7. The molecule has 0 aliphatic heterocycles. The van der Waals surface area contributed by atoms with Crippen molar-refractivity contribution in [1.82, 2.24) is 15.0 Å². The van der Waals surface area contributed by atoms with Crippen LogP contribution in [0.4, 0.5) is 23.1 Å². The summed E-state index contributed by atoms with van der Waals surface area (Å²) in [5, 5.41) is 16.2. The van der Waals surface area contributed by atoms with Crippen molar-refractivity contribution in [3.63, 3.8) is 0 Å². The Kier molecular flexibility index (Phi) is 15.3. The van der Waals surface area contributed by atoms with Crippen LogP contribution in [0.2, 0.25) is 0 Å². The zero-order valence-corrected chi connectivity index (χ0v) is 29.0. The summed E-state index contributed by atoms with van der Waals surface area (Å²) >= 11 is 12.8. The smallest absolute Gasteiger partial charge is 0.270 e. The predicted octanol–water partition coefficient (Wildman–Crippen LogP) is 7.85. The largest absolute Gasteiger partial charge is 0.384 e. The third-order valence-corrected chi connectivity index (χ3v) is 7.37. The van der Waals surface area contributed by atoms with Gasteiger partial charge >= 0.3 is 0 Å². The number of rotatable bonds is 6. The number of benzene rings is 1. The van der Waals surface area contributed by atoms with Gasteiger partial charge in [0, 0.05) is 50.1 Å². The minimum atomic E-state index is -0.547. The molecule has 0 atom stereocenters. The van der Waals surface area contributed by atoms with Gasteiger partial charge in [-0.3, -0.25) is 19.7 Å². The first kappa shape index (κ1) is 37.9. The molecule has 0 bridgehead atoms. The van der Waals surface area contributed by atoms with Gasteiger partial charge in [0.15, 0.2) is 0 Å². The van der Waals surface area contributed by atoms with E-state index in [1.807, 2.05) is 52.0 Å². The number of nitrogens with one attached hydrogen (secondary N) is 2. The summed E-state index contributed by atoms with van der Waals surface area (Å²) in [7, 11) is 0. The zero-order valence-electron chi connectivity index (χ0n) is 25.7. The highest BCUT2D eigenvalue weighted by molar-refractivity contribution is 8.23. The number of nitro groups is 1. The van der Waals surface area contributed by atoms with Gasteiger partial charge in [-0.25, -0.2) is 15.0 Å². The van der Waals surface area contributed by atoms with Gasteiger partial charge in [-0.1, -0.05) is 80.9 Å². The molecule has 4 N–H and O–H groups in total. The van der Waals surface area contributed by atoms with Gasteiger partial charge in [-0.15, -0.1) is 0 Å². The molecular formula is C31H33N7O4S4. The zero-order chi connectivity index (χ0) is 34.3. The monoisotopic (exact) mass is 695 g/mol. The molecule has 0 saturated heterocycles. The SMILES string of the molecule is CC(=S)Sc1cccnc1NC(=O)C(C)(C)C.CC(=S)Sc1cccnc1NC(=O)c1cccc([N+](=O)[O-])c1.Nc1ccccn1. The summed E-state index contributed by atoms with van der Waals surface area (Å²) in [6.07, 6.45) is 4.86. The topological polar surface area (TPSA) is 166 Å². The van der Waals surface area contributed by atoms with Crippen LogP contribution in [0.1, 0.15) is 45.0 Å². The number of nitrogen functional groups attached to an aromatic ring is 1. The molecular weight excluding hydrogens is 663 g/mol. The second-order valence-electron chi connectivity index (χ2n) is 10.1. The summed E-state index contributed by atoms with van der Waals surface area (Å²) in [4.78, 5) is 47.9. The van der Waals surface area contributed by atoms with Crippen LogP contribution in [0.3, 0.4) is 0 Å². The summed E-state index contributed by atoms with van der Waals surface area (Å²) in [5.74, 6) is 0.990. The fourth-order valence-electron chi connectivity index (χ4n) is 3.05. The Bertz CT molecular complexity index is 1680. The highest BCUT2D eigenvalue weighted by atomic mass is 32.2. The summed E-state index contributed by atoms with van der Waals surface area (Å²) < 4.78 is 1.49. The molecule has 4 aromatic rings. The average Bonchev–Trinajstić information content (AvgIpc) is 2.99. The van der Waals surface area contributed by atoms with Crippen molar-refractivity contribution in [2.24, 2.45) is 5.41 Å². The standard InChI is InChI=1S/C14H11N3O3S2.C12H16N2OS2.C5H6N2/c1-9(21)22-12-6-3-7-15-13(12)16-14(18)10-4-2-5-11(8-10)17(19)20;1-8(16)17-9-6-5-7-13-10(9)14-11(15)12(2,3)4;6-5-3-1-2-4-7-5/h2-8H,1H3,(H,15,16,18);5-7H,1-4H3,(H,13,14,15);1-4H,(H2,6,7). The average molecular weight is 696 g/mol. The van der Waals surface area contributed by atoms with Crippen LogP contribution in [-0.2, 0) is 4.79 Å². The van der Waals surface area contributed by atoms with Crippen LogP contribution in [0.5, 0.6) is 0 Å². The van der Waals surface area contributed by atoms with Gasteiger partial charge in [-0.2, -0.15) is 0 Å². The number of non-ortho nitro benzene ring substituents is 1. The Morgan fingerprint density at radius 3 is 1.78 bits per heavy atom. The van der Waals surface area contributed by atoms with Crippen LogP contribution in [0.25, 0.3) is 0 Å². The van der Waals surface area contributed by atoms with Gasteiger partial charge < -0.3 is 16.4 Å². The van der Waals surface area contributed by atoms with Crippen LogP contribution >= 0.6 is 48.0 Å². The van der Waals surface area contributed by atoms with Crippen LogP contribution < -0.4 is 16.4 Å². The summed E-state index contributed by atoms with van der Waals surface area (Å²) in [5.41, 5.74) is 4.86. The molecule has 0 aliphatic rings. The van der Waals surface area contributed by atoms with E-state index in [2.05, 4.69) is 25.6 Å². The molecule has 0 saturated carbocycles. The minimum Gasteiger partial charge on any atom is -0.384 e. The maximum absolute atomic E-state index is 12.2. The fourth-order valence-corrected chi connectivity index (χ4v) is 4.91. The number of pyridine rings is 3. The lowest BCUT2D eigenvalue weighted by Crippen LogP contribution is -2.28. The van der Waals surface area contributed by atoms with Crippen molar-refractivity contribution in [1.29, 1.82) is 0 Å². The van der Waals surface area contributed by atoms with Crippen LogP contribution in [0, 0.1) is 15.5 Å². The molecule has 3 heterocycles. The second kappa shape index (κ2) is 18.6. The van der Waals surface area contributed by atoms with Crippen LogP contribution in [0.15, 0.2) is 95.1 Å². The maximum atomic E-state index is 12.2. The Labute approximate surface area is 286 Å². The van der Waals surface area contributed by atoms with E-state index in [0.717, 1.165) is 9.09 Å². The number of anilines is 3. The number of hydrogen-bond donors (Lipinski definition) is 3. The molecule has 0 spiro atoms.